The van der Waals surface area contributed by atoms with Crippen LogP contribution >= 0.6 is 23.1 Å². The van der Waals surface area contributed by atoms with Crippen molar-refractivity contribution in [2.24, 2.45) is 0 Å². The normalized spacial score (nSPS) is 11.1. The molecular weight excluding hydrogens is 320 g/mol. The lowest BCUT2D eigenvalue weighted by Crippen LogP contribution is -2.14. The molecule has 0 saturated carbocycles. The number of aromatic nitrogens is 4. The van der Waals surface area contributed by atoms with Crippen LogP contribution in [0.2, 0.25) is 0 Å². The van der Waals surface area contributed by atoms with Gasteiger partial charge in [0.25, 0.3) is 0 Å². The number of carbonyl (C=O) groups is 2. The highest BCUT2D eigenvalue weighted by atomic mass is 32.1. The van der Waals surface area contributed by atoms with Crippen LogP contribution in [0.3, 0.4) is 0 Å². The monoisotopic (exact) mass is 326 g/mol. The second kappa shape index (κ2) is 5.00. The van der Waals surface area contributed by atoms with Crippen LogP contribution in [0.25, 0.3) is 20.4 Å². The van der Waals surface area contributed by atoms with Crippen LogP contribution in [0.15, 0.2) is 36.4 Å². The average molecular weight is 326 g/mol. The van der Waals surface area contributed by atoms with E-state index in [2.05, 4.69) is 19.2 Å². The minimum absolute atomic E-state index is 0.307. The summed E-state index contributed by atoms with van der Waals surface area (Å²) < 4.78 is 9.38. The molecule has 4 rings (SSSR count). The molecule has 0 spiro atoms. The average Bonchev–Trinajstić information content (AvgIpc) is 3.20. The van der Waals surface area contributed by atoms with Gasteiger partial charge < -0.3 is 0 Å². The highest BCUT2D eigenvalue weighted by Gasteiger charge is 2.20. The van der Waals surface area contributed by atoms with Crippen molar-refractivity contribution in [3.8, 4) is 0 Å². The van der Waals surface area contributed by atoms with E-state index in [1.165, 1.54) is 23.1 Å². The largest absolute Gasteiger partial charge is 0.285 e. The Bertz CT molecular complexity index is 953. The van der Waals surface area contributed by atoms with Gasteiger partial charge >= 0.3 is 0 Å². The van der Waals surface area contributed by atoms with Crippen LogP contribution in [0, 0.1) is 0 Å². The molecule has 0 unspecified atom stereocenters. The Morgan fingerprint density at radius 1 is 0.727 bits per heavy atom. The number of fused-ring (bicyclic) bond motifs is 2. The Kier molecular flexibility index (Phi) is 2.98. The van der Waals surface area contributed by atoms with Crippen molar-refractivity contribution in [3.63, 3.8) is 0 Å². The summed E-state index contributed by atoms with van der Waals surface area (Å²) in [5, 5.41) is 7.83. The molecule has 0 fully saturated rings. The third-order valence-corrected chi connectivity index (χ3v) is 4.63. The predicted octanol–water partition coefficient (Wildman–Crippen LogP) is 2.76. The van der Waals surface area contributed by atoms with E-state index in [-0.39, 0.29) is 0 Å². The summed E-state index contributed by atoms with van der Waals surface area (Å²) in [6.07, 6.45) is 0. The molecule has 2 aromatic heterocycles. The summed E-state index contributed by atoms with van der Waals surface area (Å²) in [4.78, 5) is 24.7. The first-order chi connectivity index (χ1) is 10.7. The summed E-state index contributed by atoms with van der Waals surface area (Å²) in [7, 11) is 0. The van der Waals surface area contributed by atoms with Crippen molar-refractivity contribution in [1.82, 2.24) is 19.2 Å². The molecule has 2 heterocycles. The fourth-order valence-electron chi connectivity index (χ4n) is 2.11. The van der Waals surface area contributed by atoms with Crippen molar-refractivity contribution in [1.29, 1.82) is 0 Å². The number of rotatable bonds is 3. The van der Waals surface area contributed by atoms with Gasteiger partial charge in [-0.25, -0.2) is 0 Å². The number of nitrogens with zero attached hydrogens (tertiary/aromatic N) is 4. The van der Waals surface area contributed by atoms with E-state index < -0.39 is 11.6 Å². The van der Waals surface area contributed by atoms with E-state index in [0.29, 0.717) is 22.2 Å². The molecule has 0 aliphatic rings. The van der Waals surface area contributed by atoms with E-state index >= 15 is 0 Å². The molecule has 2 aromatic carbocycles. The Morgan fingerprint density at radius 3 is 1.64 bits per heavy atom. The second-order valence-corrected chi connectivity index (χ2v) is 6.14. The van der Waals surface area contributed by atoms with E-state index in [1.54, 1.807) is 36.4 Å². The maximum Gasteiger partial charge on any atom is 0.233 e. The van der Waals surface area contributed by atoms with Crippen molar-refractivity contribution in [3.05, 3.63) is 47.5 Å². The second-order valence-electron chi connectivity index (χ2n) is 4.57. The Labute approximate surface area is 131 Å². The Hall–Kier alpha value is -2.58. The summed E-state index contributed by atoms with van der Waals surface area (Å²) >= 11 is 2.49. The number of carbonyl (C=O) groups excluding carboxylic acids is 2. The van der Waals surface area contributed by atoms with Gasteiger partial charge in [-0.15, -0.1) is 10.2 Å². The predicted molar refractivity (Wildman–Crippen MR) is 83.5 cm³/mol. The molecule has 0 aliphatic heterocycles. The molecule has 6 nitrogen and oxygen atoms in total. The first kappa shape index (κ1) is 13.1. The Balaban J connectivity index is 1.72. The summed E-state index contributed by atoms with van der Waals surface area (Å²) in [5.41, 5.74) is 1.84. The van der Waals surface area contributed by atoms with Crippen LogP contribution in [0.4, 0.5) is 0 Å². The third-order valence-electron chi connectivity index (χ3n) is 3.22. The van der Waals surface area contributed by atoms with Gasteiger partial charge in [-0.3, -0.25) is 9.59 Å². The zero-order chi connectivity index (χ0) is 15.1. The van der Waals surface area contributed by atoms with Crippen molar-refractivity contribution in [2.75, 3.05) is 0 Å². The van der Waals surface area contributed by atoms with E-state index in [1.807, 2.05) is 0 Å². The maximum absolute atomic E-state index is 12.4. The van der Waals surface area contributed by atoms with Gasteiger partial charge in [0.05, 0.1) is 9.40 Å². The number of benzene rings is 2. The molecule has 0 amide bonds. The van der Waals surface area contributed by atoms with Crippen LogP contribution in [-0.4, -0.2) is 30.7 Å². The number of ketones is 2. The number of hydrogen-bond donors (Lipinski definition) is 0. The van der Waals surface area contributed by atoms with Crippen LogP contribution < -0.4 is 0 Å². The molecule has 0 N–H and O–H groups in total. The fraction of sp³-hybridized carbons (Fsp3) is 0. The molecule has 0 atom stereocenters. The number of hydrogen-bond acceptors (Lipinski definition) is 8. The minimum Gasteiger partial charge on any atom is -0.285 e. The summed E-state index contributed by atoms with van der Waals surface area (Å²) in [5.74, 6) is -1.14. The SMILES string of the molecule is O=C(C(=O)c1ccc2snnc2c1)c1ccc2snnc2c1. The molecule has 0 bridgehead atoms. The lowest BCUT2D eigenvalue weighted by atomic mass is 10.0. The smallest absolute Gasteiger partial charge is 0.233 e. The van der Waals surface area contributed by atoms with E-state index in [9.17, 15) is 9.59 Å². The van der Waals surface area contributed by atoms with Gasteiger partial charge in [-0.05, 0) is 59.5 Å². The zero-order valence-corrected chi connectivity index (χ0v) is 12.5. The summed E-state index contributed by atoms with van der Waals surface area (Å²) in [6, 6.07) is 9.89. The highest BCUT2D eigenvalue weighted by Crippen LogP contribution is 2.20. The molecule has 8 heteroatoms. The first-order valence-electron chi connectivity index (χ1n) is 6.25. The van der Waals surface area contributed by atoms with Gasteiger partial charge in [0.1, 0.15) is 11.0 Å². The van der Waals surface area contributed by atoms with Crippen molar-refractivity contribution < 1.29 is 9.59 Å². The molecule has 0 saturated heterocycles. The quantitative estimate of drug-likeness (QED) is 0.425. The van der Waals surface area contributed by atoms with E-state index in [4.69, 9.17) is 0 Å². The van der Waals surface area contributed by atoms with Crippen molar-refractivity contribution in [2.45, 2.75) is 0 Å². The minimum atomic E-state index is -0.572. The molecule has 0 aliphatic carbocycles. The van der Waals surface area contributed by atoms with Crippen LogP contribution in [0.5, 0.6) is 0 Å². The van der Waals surface area contributed by atoms with E-state index in [0.717, 1.165) is 9.40 Å². The lowest BCUT2D eigenvalue weighted by Gasteiger charge is -2.01. The third kappa shape index (κ3) is 2.09. The van der Waals surface area contributed by atoms with Crippen molar-refractivity contribution >= 4 is 55.1 Å². The topological polar surface area (TPSA) is 85.7 Å². The Morgan fingerprint density at radius 2 is 1.18 bits per heavy atom. The molecular formula is C14H6N4O2S2. The fourth-order valence-corrected chi connectivity index (χ4v) is 3.18. The summed E-state index contributed by atoms with van der Waals surface area (Å²) in [6.45, 7) is 0. The zero-order valence-electron chi connectivity index (χ0n) is 10.9. The number of Topliss-reactive ketones (excluding diaryl/α,β-unsaturated/α-hetero) is 2. The molecule has 0 radical (unpaired) electrons. The molecule has 4 aromatic rings. The van der Waals surface area contributed by atoms with Crippen LogP contribution in [0.1, 0.15) is 20.7 Å². The maximum atomic E-state index is 12.4. The van der Waals surface area contributed by atoms with Gasteiger partial charge in [0.2, 0.25) is 11.6 Å². The van der Waals surface area contributed by atoms with Gasteiger partial charge in [-0.1, -0.05) is 8.98 Å². The lowest BCUT2D eigenvalue weighted by molar-refractivity contribution is 0.0817. The highest BCUT2D eigenvalue weighted by molar-refractivity contribution is 7.13. The van der Waals surface area contributed by atoms with Gasteiger partial charge in [0.15, 0.2) is 0 Å². The van der Waals surface area contributed by atoms with Gasteiger partial charge in [-0.2, -0.15) is 0 Å². The molecule has 22 heavy (non-hydrogen) atoms. The van der Waals surface area contributed by atoms with Crippen LogP contribution in [-0.2, 0) is 0 Å². The molecule has 106 valence electrons. The standard InChI is InChI=1S/C14H6N4O2S2/c19-13(7-1-3-11-9(5-7)15-17-21-11)14(20)8-2-4-12-10(6-8)16-18-22-12/h1-6H. The van der Waals surface area contributed by atoms with Gasteiger partial charge in [0, 0.05) is 11.1 Å². The first-order valence-corrected chi connectivity index (χ1v) is 7.80.